The van der Waals surface area contributed by atoms with Crippen molar-refractivity contribution in [3.63, 3.8) is 0 Å². The molecular formula is C19H26O. The molecule has 2 fully saturated rings. The normalized spacial score (nSPS) is 47.0. The third-order valence-electron chi connectivity index (χ3n) is 7.03. The highest BCUT2D eigenvalue weighted by molar-refractivity contribution is 5.87. The van der Waals surface area contributed by atoms with Gasteiger partial charge in [-0.25, -0.2) is 0 Å². The third-order valence-corrected chi connectivity index (χ3v) is 7.03. The van der Waals surface area contributed by atoms with Gasteiger partial charge >= 0.3 is 0 Å². The van der Waals surface area contributed by atoms with Crippen molar-refractivity contribution in [2.75, 3.05) is 0 Å². The molecule has 0 amide bonds. The summed E-state index contributed by atoms with van der Waals surface area (Å²) in [6.07, 6.45) is 13.3. The Morgan fingerprint density at radius 2 is 2.00 bits per heavy atom. The van der Waals surface area contributed by atoms with Crippen molar-refractivity contribution in [2.45, 2.75) is 58.8 Å². The Labute approximate surface area is 122 Å². The highest BCUT2D eigenvalue weighted by atomic mass is 16.1. The molecule has 0 radical (unpaired) electrons. The second-order valence-corrected chi connectivity index (χ2v) is 7.93. The molecule has 0 aromatic heterocycles. The van der Waals surface area contributed by atoms with Crippen LogP contribution in [0.5, 0.6) is 0 Å². The van der Waals surface area contributed by atoms with Gasteiger partial charge in [0.05, 0.1) is 0 Å². The molecule has 0 aromatic rings. The molecule has 4 aliphatic carbocycles. The summed E-state index contributed by atoms with van der Waals surface area (Å²) in [6.45, 7) is 4.55. The largest absolute Gasteiger partial charge is 0.299 e. The molecular weight excluding hydrogens is 244 g/mol. The zero-order valence-corrected chi connectivity index (χ0v) is 12.8. The molecule has 0 aliphatic heterocycles. The van der Waals surface area contributed by atoms with Crippen LogP contribution < -0.4 is 0 Å². The second kappa shape index (κ2) is 4.32. The average Bonchev–Trinajstić information content (AvgIpc) is 2.74. The molecule has 20 heavy (non-hydrogen) atoms. The van der Waals surface area contributed by atoms with Gasteiger partial charge in [-0.1, -0.05) is 24.6 Å². The summed E-state index contributed by atoms with van der Waals surface area (Å²) >= 11 is 0. The van der Waals surface area contributed by atoms with Gasteiger partial charge in [0.1, 0.15) is 5.78 Å². The van der Waals surface area contributed by atoms with Crippen LogP contribution in [0.4, 0.5) is 0 Å². The highest BCUT2D eigenvalue weighted by Crippen LogP contribution is 2.59. The van der Waals surface area contributed by atoms with Gasteiger partial charge in [-0.3, -0.25) is 4.79 Å². The van der Waals surface area contributed by atoms with Crippen LogP contribution in [0.2, 0.25) is 0 Å². The minimum absolute atomic E-state index is 0.0347. The molecule has 0 spiro atoms. The molecule has 108 valence electrons. The second-order valence-electron chi connectivity index (χ2n) is 7.93. The first-order chi connectivity index (χ1) is 9.59. The quantitative estimate of drug-likeness (QED) is 0.624. The monoisotopic (exact) mass is 270 g/mol. The molecule has 0 saturated heterocycles. The molecule has 4 aliphatic rings. The first-order valence-corrected chi connectivity index (χ1v) is 8.50. The van der Waals surface area contributed by atoms with Gasteiger partial charge in [0.2, 0.25) is 0 Å². The Bertz CT molecular complexity index is 512. The summed E-state index contributed by atoms with van der Waals surface area (Å²) in [6, 6.07) is 0. The summed E-state index contributed by atoms with van der Waals surface area (Å²) in [5.74, 6) is 3.70. The van der Waals surface area contributed by atoms with Crippen molar-refractivity contribution in [2.24, 2.45) is 29.1 Å². The van der Waals surface area contributed by atoms with Crippen LogP contribution in [0.15, 0.2) is 23.3 Å². The standard InChI is InChI=1S/C19H26O/c1-12-3-5-14-13(11-12)4-6-16-15(14)9-10-19(2)17(16)7-8-18(19)20/h4,11,14-17H,3,5-10H2,1-2H3/t14-,15+,16+,17-,19-/m0/s1. The van der Waals surface area contributed by atoms with Crippen LogP contribution in [0.25, 0.3) is 0 Å². The van der Waals surface area contributed by atoms with Crippen LogP contribution in [0, 0.1) is 29.1 Å². The topological polar surface area (TPSA) is 17.1 Å². The molecule has 5 atom stereocenters. The summed E-state index contributed by atoms with van der Waals surface area (Å²) in [5, 5.41) is 0. The summed E-state index contributed by atoms with van der Waals surface area (Å²) in [7, 11) is 0. The SMILES string of the molecule is CC1=CC2=CC[C@@H]3[C@H](CC[C@]4(C)C(=O)CC[C@@H]34)[C@H]2CC1. The lowest BCUT2D eigenvalue weighted by Gasteiger charge is -2.50. The molecule has 0 bridgehead atoms. The lowest BCUT2D eigenvalue weighted by atomic mass is 9.53. The number of fused-ring (bicyclic) bond motifs is 5. The maximum absolute atomic E-state index is 12.3. The van der Waals surface area contributed by atoms with E-state index in [0.717, 1.165) is 30.6 Å². The zero-order valence-electron chi connectivity index (χ0n) is 12.8. The minimum Gasteiger partial charge on any atom is -0.299 e. The van der Waals surface area contributed by atoms with E-state index in [1.54, 1.807) is 11.1 Å². The Kier molecular flexibility index (Phi) is 2.78. The average molecular weight is 270 g/mol. The molecule has 1 nitrogen and oxygen atoms in total. The summed E-state index contributed by atoms with van der Waals surface area (Å²) in [4.78, 5) is 12.3. The fourth-order valence-corrected chi connectivity index (χ4v) is 5.88. The van der Waals surface area contributed by atoms with Crippen LogP contribution in [-0.2, 0) is 4.79 Å². The van der Waals surface area contributed by atoms with Gasteiger partial charge in [-0.05, 0) is 74.7 Å². The fourth-order valence-electron chi connectivity index (χ4n) is 5.88. The number of ketones is 1. The van der Waals surface area contributed by atoms with Gasteiger partial charge in [0, 0.05) is 11.8 Å². The zero-order chi connectivity index (χ0) is 13.9. The number of hydrogen-bond acceptors (Lipinski definition) is 1. The van der Waals surface area contributed by atoms with Gasteiger partial charge in [0.25, 0.3) is 0 Å². The number of Topliss-reactive ketones (excluding diaryl/α,β-unsaturated/α-hetero) is 1. The predicted octanol–water partition coefficient (Wildman–Crippen LogP) is 4.68. The number of rotatable bonds is 0. The van der Waals surface area contributed by atoms with Crippen LogP contribution in [0.1, 0.15) is 58.8 Å². The van der Waals surface area contributed by atoms with Crippen LogP contribution >= 0.6 is 0 Å². The van der Waals surface area contributed by atoms with Crippen molar-refractivity contribution in [3.8, 4) is 0 Å². The maximum Gasteiger partial charge on any atom is 0.139 e. The van der Waals surface area contributed by atoms with Crippen molar-refractivity contribution >= 4 is 5.78 Å². The van der Waals surface area contributed by atoms with E-state index in [9.17, 15) is 4.79 Å². The molecule has 2 saturated carbocycles. The van der Waals surface area contributed by atoms with Crippen molar-refractivity contribution in [3.05, 3.63) is 23.3 Å². The van der Waals surface area contributed by atoms with E-state index < -0.39 is 0 Å². The van der Waals surface area contributed by atoms with Crippen molar-refractivity contribution in [1.82, 2.24) is 0 Å². The first kappa shape index (κ1) is 12.9. The van der Waals surface area contributed by atoms with Crippen molar-refractivity contribution in [1.29, 1.82) is 0 Å². The number of carbonyl (C=O) groups excluding carboxylic acids is 1. The van der Waals surface area contributed by atoms with E-state index in [0.29, 0.717) is 11.7 Å². The molecule has 0 aromatic carbocycles. The number of allylic oxidation sites excluding steroid dienone is 4. The van der Waals surface area contributed by atoms with Crippen LogP contribution in [0.3, 0.4) is 0 Å². The van der Waals surface area contributed by atoms with E-state index in [1.165, 1.54) is 32.1 Å². The smallest absolute Gasteiger partial charge is 0.139 e. The highest BCUT2D eigenvalue weighted by Gasteiger charge is 2.55. The van der Waals surface area contributed by atoms with E-state index in [-0.39, 0.29) is 5.41 Å². The van der Waals surface area contributed by atoms with Gasteiger partial charge in [-0.15, -0.1) is 0 Å². The van der Waals surface area contributed by atoms with E-state index in [1.807, 2.05) is 0 Å². The molecule has 0 N–H and O–H groups in total. The number of hydrogen-bond donors (Lipinski definition) is 0. The fraction of sp³-hybridized carbons (Fsp3) is 0.737. The van der Waals surface area contributed by atoms with Gasteiger partial charge < -0.3 is 0 Å². The lowest BCUT2D eigenvalue weighted by molar-refractivity contribution is -0.130. The lowest BCUT2D eigenvalue weighted by Crippen LogP contribution is -2.45. The molecule has 4 rings (SSSR count). The summed E-state index contributed by atoms with van der Waals surface area (Å²) < 4.78 is 0. The third kappa shape index (κ3) is 1.64. The Morgan fingerprint density at radius 3 is 2.85 bits per heavy atom. The van der Waals surface area contributed by atoms with E-state index >= 15 is 0 Å². The first-order valence-electron chi connectivity index (χ1n) is 8.50. The Hall–Kier alpha value is -0.850. The molecule has 0 unspecified atom stereocenters. The van der Waals surface area contributed by atoms with Gasteiger partial charge in [-0.2, -0.15) is 0 Å². The Balaban J connectivity index is 1.67. The van der Waals surface area contributed by atoms with Crippen LogP contribution in [-0.4, -0.2) is 5.78 Å². The summed E-state index contributed by atoms with van der Waals surface area (Å²) in [5.41, 5.74) is 3.22. The number of carbonyl (C=O) groups is 1. The minimum atomic E-state index is 0.0347. The predicted molar refractivity (Wildman–Crippen MR) is 81.2 cm³/mol. The molecule has 1 heteroatoms. The van der Waals surface area contributed by atoms with Crippen molar-refractivity contribution < 1.29 is 4.79 Å². The van der Waals surface area contributed by atoms with E-state index in [2.05, 4.69) is 26.0 Å². The maximum atomic E-state index is 12.3. The Morgan fingerprint density at radius 1 is 1.15 bits per heavy atom. The van der Waals surface area contributed by atoms with E-state index in [4.69, 9.17) is 0 Å². The van der Waals surface area contributed by atoms with Gasteiger partial charge in [0.15, 0.2) is 0 Å². The molecule has 0 heterocycles.